The molecular weight excluding hydrogens is 298 g/mol. The van der Waals surface area contributed by atoms with E-state index in [1.807, 2.05) is 42.6 Å². The number of benzene rings is 1. The number of aromatic amines is 1. The Bertz CT molecular complexity index is 834. The summed E-state index contributed by atoms with van der Waals surface area (Å²) in [5.74, 6) is 0.482. The van der Waals surface area contributed by atoms with Gasteiger partial charge in [0.2, 0.25) is 0 Å². The number of rotatable bonds is 4. The molecule has 6 heteroatoms. The molecule has 0 unspecified atom stereocenters. The van der Waals surface area contributed by atoms with Crippen molar-refractivity contribution in [3.8, 4) is 5.75 Å². The number of aromatic nitrogens is 1. The molecule has 2 aromatic heterocycles. The van der Waals surface area contributed by atoms with E-state index in [4.69, 9.17) is 4.74 Å². The van der Waals surface area contributed by atoms with Crippen LogP contribution in [0.4, 0.5) is 0 Å². The first-order chi connectivity index (χ1) is 10.7. The first-order valence-corrected chi connectivity index (χ1v) is 7.60. The number of thiophene rings is 1. The Balaban J connectivity index is 1.79. The van der Waals surface area contributed by atoms with Crippen molar-refractivity contribution in [2.24, 2.45) is 5.10 Å². The number of carbonyl (C=O) groups excluding carboxylic acids is 1. The van der Waals surface area contributed by atoms with Crippen LogP contribution < -0.4 is 10.2 Å². The van der Waals surface area contributed by atoms with E-state index in [-0.39, 0.29) is 5.91 Å². The van der Waals surface area contributed by atoms with Gasteiger partial charge in [0, 0.05) is 15.8 Å². The van der Waals surface area contributed by atoms with E-state index in [0.29, 0.717) is 5.69 Å². The lowest BCUT2D eigenvalue weighted by Crippen LogP contribution is -2.19. The highest BCUT2D eigenvalue weighted by atomic mass is 32.1. The smallest absolute Gasteiger partial charge is 0.287 e. The molecule has 2 N–H and O–H groups in total. The van der Waals surface area contributed by atoms with E-state index < -0.39 is 0 Å². The van der Waals surface area contributed by atoms with Crippen molar-refractivity contribution in [2.45, 2.75) is 6.92 Å². The summed E-state index contributed by atoms with van der Waals surface area (Å²) in [5, 5.41) is 7.02. The van der Waals surface area contributed by atoms with Crippen LogP contribution in [0.2, 0.25) is 0 Å². The highest BCUT2D eigenvalue weighted by molar-refractivity contribution is 7.12. The maximum atomic E-state index is 12.2. The molecule has 0 spiro atoms. The number of hydrogen-bond acceptors (Lipinski definition) is 4. The summed E-state index contributed by atoms with van der Waals surface area (Å²) in [6.45, 7) is 1.86. The molecule has 0 aliphatic carbocycles. The average molecular weight is 313 g/mol. The Morgan fingerprint density at radius 3 is 2.91 bits per heavy atom. The number of nitrogens with zero attached hydrogens (tertiary/aromatic N) is 1. The van der Waals surface area contributed by atoms with Crippen LogP contribution >= 0.6 is 11.3 Å². The molecule has 1 aromatic carbocycles. The largest absolute Gasteiger partial charge is 0.497 e. The molecule has 2 heterocycles. The van der Waals surface area contributed by atoms with Crippen molar-refractivity contribution < 1.29 is 9.53 Å². The number of hydrogen-bond donors (Lipinski definition) is 2. The number of hydrazone groups is 1. The van der Waals surface area contributed by atoms with E-state index in [0.717, 1.165) is 27.2 Å². The highest BCUT2D eigenvalue weighted by Crippen LogP contribution is 2.21. The van der Waals surface area contributed by atoms with E-state index in [2.05, 4.69) is 15.5 Å². The first kappa shape index (κ1) is 14.3. The van der Waals surface area contributed by atoms with Gasteiger partial charge >= 0.3 is 0 Å². The molecule has 0 saturated carbocycles. The fraction of sp³-hybridized carbons (Fsp3) is 0.125. The molecule has 0 atom stereocenters. The topological polar surface area (TPSA) is 66.5 Å². The van der Waals surface area contributed by atoms with Crippen LogP contribution in [0.5, 0.6) is 5.75 Å². The van der Waals surface area contributed by atoms with Gasteiger partial charge in [-0.1, -0.05) is 6.07 Å². The summed E-state index contributed by atoms with van der Waals surface area (Å²) in [6, 6.07) is 11.3. The predicted octanol–water partition coefficient (Wildman–Crippen LogP) is 3.39. The molecule has 0 aliphatic rings. The highest BCUT2D eigenvalue weighted by Gasteiger charge is 2.10. The van der Waals surface area contributed by atoms with Gasteiger partial charge in [0.1, 0.15) is 11.4 Å². The lowest BCUT2D eigenvalue weighted by atomic mass is 10.2. The number of carbonyl (C=O) groups is 1. The van der Waals surface area contributed by atoms with Gasteiger partial charge in [0.05, 0.1) is 12.8 Å². The number of amides is 1. The maximum absolute atomic E-state index is 12.2. The summed E-state index contributed by atoms with van der Waals surface area (Å²) in [6.07, 6.45) is 0. The minimum atomic E-state index is -0.272. The number of H-pyrrole nitrogens is 1. The van der Waals surface area contributed by atoms with Crippen LogP contribution in [0.25, 0.3) is 10.9 Å². The van der Waals surface area contributed by atoms with Crippen molar-refractivity contribution in [3.63, 3.8) is 0 Å². The van der Waals surface area contributed by atoms with Gasteiger partial charge in [-0.05, 0) is 42.6 Å². The molecule has 22 heavy (non-hydrogen) atoms. The van der Waals surface area contributed by atoms with Gasteiger partial charge in [-0.2, -0.15) is 5.10 Å². The summed E-state index contributed by atoms with van der Waals surface area (Å²) in [4.78, 5) is 16.3. The van der Waals surface area contributed by atoms with Crippen LogP contribution in [-0.2, 0) is 0 Å². The molecule has 1 amide bonds. The third-order valence-electron chi connectivity index (χ3n) is 3.28. The minimum Gasteiger partial charge on any atom is -0.497 e. The Morgan fingerprint density at radius 1 is 1.32 bits per heavy atom. The Labute approximate surface area is 131 Å². The number of fused-ring (bicyclic) bond motifs is 1. The normalized spacial score (nSPS) is 11.6. The molecule has 5 nitrogen and oxygen atoms in total. The van der Waals surface area contributed by atoms with Gasteiger partial charge in [0.15, 0.2) is 0 Å². The molecule has 0 bridgehead atoms. The van der Waals surface area contributed by atoms with Gasteiger partial charge in [-0.15, -0.1) is 11.3 Å². The molecule has 0 saturated heterocycles. The Morgan fingerprint density at radius 2 is 2.18 bits per heavy atom. The first-order valence-electron chi connectivity index (χ1n) is 6.72. The second-order valence-electron chi connectivity index (χ2n) is 4.75. The van der Waals surface area contributed by atoms with E-state index >= 15 is 0 Å². The van der Waals surface area contributed by atoms with Gasteiger partial charge in [0.25, 0.3) is 5.91 Å². The molecular formula is C16H15N3O2S. The summed E-state index contributed by atoms with van der Waals surface area (Å²) >= 11 is 1.58. The number of methoxy groups -OCH3 is 1. The zero-order valence-corrected chi connectivity index (χ0v) is 13.0. The maximum Gasteiger partial charge on any atom is 0.287 e. The quantitative estimate of drug-likeness (QED) is 0.573. The predicted molar refractivity (Wildman–Crippen MR) is 88.8 cm³/mol. The average Bonchev–Trinajstić information content (AvgIpc) is 3.20. The molecule has 0 fully saturated rings. The fourth-order valence-electron chi connectivity index (χ4n) is 2.09. The zero-order chi connectivity index (χ0) is 15.5. The van der Waals surface area contributed by atoms with Crippen LogP contribution in [0.1, 0.15) is 22.3 Å². The summed E-state index contributed by atoms with van der Waals surface area (Å²) in [5.41, 5.74) is 4.69. The van der Waals surface area contributed by atoms with Crippen molar-refractivity contribution in [3.05, 3.63) is 52.3 Å². The van der Waals surface area contributed by atoms with Crippen molar-refractivity contribution >= 4 is 33.9 Å². The molecule has 3 aromatic rings. The second-order valence-corrected chi connectivity index (χ2v) is 5.70. The number of ether oxygens (including phenoxy) is 1. The van der Waals surface area contributed by atoms with E-state index in [9.17, 15) is 4.79 Å². The minimum absolute atomic E-state index is 0.272. The van der Waals surface area contributed by atoms with E-state index in [1.54, 1.807) is 24.5 Å². The van der Waals surface area contributed by atoms with Crippen LogP contribution in [-0.4, -0.2) is 23.7 Å². The molecule has 0 aliphatic heterocycles. The van der Waals surface area contributed by atoms with Crippen LogP contribution in [0, 0.1) is 0 Å². The van der Waals surface area contributed by atoms with Crippen molar-refractivity contribution in [2.75, 3.05) is 7.11 Å². The lowest BCUT2D eigenvalue weighted by Gasteiger charge is -1.99. The van der Waals surface area contributed by atoms with Gasteiger partial charge < -0.3 is 9.72 Å². The van der Waals surface area contributed by atoms with Crippen molar-refractivity contribution in [1.29, 1.82) is 0 Å². The Hall–Kier alpha value is -2.60. The Kier molecular flexibility index (Phi) is 3.93. The zero-order valence-electron chi connectivity index (χ0n) is 12.2. The second kappa shape index (κ2) is 6.03. The lowest BCUT2D eigenvalue weighted by molar-refractivity contribution is 0.0950. The van der Waals surface area contributed by atoms with Crippen LogP contribution in [0.3, 0.4) is 0 Å². The monoisotopic (exact) mass is 313 g/mol. The third-order valence-corrected chi connectivity index (χ3v) is 4.25. The summed E-state index contributed by atoms with van der Waals surface area (Å²) in [7, 11) is 1.61. The summed E-state index contributed by atoms with van der Waals surface area (Å²) < 4.78 is 5.18. The van der Waals surface area contributed by atoms with Gasteiger partial charge in [-0.25, -0.2) is 5.43 Å². The standard InChI is InChI=1S/C16H15N3O2S/c1-10(15-4-3-7-22-15)18-19-16(20)14-9-11-8-12(21-2)5-6-13(11)17-14/h3-9,17H,1-2H3,(H,19,20)/b18-10+. The SMILES string of the molecule is COc1ccc2[nH]c(C(=O)N/N=C(\C)c3cccs3)cc2c1. The number of nitrogens with one attached hydrogen (secondary N) is 2. The third kappa shape index (κ3) is 2.87. The van der Waals surface area contributed by atoms with Gasteiger partial charge in [-0.3, -0.25) is 4.79 Å². The molecule has 3 rings (SSSR count). The molecule has 112 valence electrons. The fourth-order valence-corrected chi connectivity index (χ4v) is 2.77. The van der Waals surface area contributed by atoms with E-state index in [1.165, 1.54) is 0 Å². The van der Waals surface area contributed by atoms with Crippen molar-refractivity contribution in [1.82, 2.24) is 10.4 Å². The van der Waals surface area contributed by atoms with Crippen LogP contribution in [0.15, 0.2) is 46.9 Å². The molecule has 0 radical (unpaired) electrons.